The number of amides is 1. The third-order valence-corrected chi connectivity index (χ3v) is 3.48. The van der Waals surface area contributed by atoms with Gasteiger partial charge < -0.3 is 19.7 Å². The van der Waals surface area contributed by atoms with E-state index in [1.54, 1.807) is 0 Å². The number of esters is 1. The predicted octanol–water partition coefficient (Wildman–Crippen LogP) is 2.32. The van der Waals surface area contributed by atoms with Gasteiger partial charge in [0.25, 0.3) is 0 Å². The molecule has 6 nitrogen and oxygen atoms in total. The first-order valence-corrected chi connectivity index (χ1v) is 8.09. The smallest absolute Gasteiger partial charge is 0.410 e. The minimum Gasteiger partial charge on any atom is -0.468 e. The number of hydrogen-bond acceptors (Lipinski definition) is 5. The van der Waals surface area contributed by atoms with Gasteiger partial charge in [-0.3, -0.25) is 4.79 Å². The van der Waals surface area contributed by atoms with Gasteiger partial charge in [-0.25, -0.2) is 4.79 Å². The molecule has 128 valence electrons. The Bertz CT molecular complexity index is 375. The Morgan fingerprint density at radius 3 is 2.41 bits per heavy atom. The Balaban J connectivity index is 2.36. The molecule has 0 bridgehead atoms. The zero-order valence-corrected chi connectivity index (χ0v) is 14.5. The van der Waals surface area contributed by atoms with Crippen LogP contribution in [0.5, 0.6) is 0 Å². The lowest BCUT2D eigenvalue weighted by Gasteiger charge is -2.27. The van der Waals surface area contributed by atoms with Crippen LogP contribution in [0.25, 0.3) is 0 Å². The average Bonchev–Trinajstić information content (AvgIpc) is 3.24. The maximum Gasteiger partial charge on any atom is 0.410 e. The molecular formula is C16H30N2O4. The Hall–Kier alpha value is -1.30. The maximum atomic E-state index is 12.2. The second kappa shape index (κ2) is 8.36. The number of methoxy groups -OCH3 is 1. The molecule has 1 fully saturated rings. The monoisotopic (exact) mass is 314 g/mol. The number of carbonyl (C=O) groups excluding carboxylic acids is 2. The van der Waals surface area contributed by atoms with E-state index in [0.717, 1.165) is 19.3 Å². The highest BCUT2D eigenvalue weighted by Gasteiger charge is 2.34. The van der Waals surface area contributed by atoms with Crippen molar-refractivity contribution < 1.29 is 19.1 Å². The summed E-state index contributed by atoms with van der Waals surface area (Å²) in [6.45, 7) is 8.87. The molecule has 0 spiro atoms. The van der Waals surface area contributed by atoms with E-state index in [2.05, 4.69) is 5.32 Å². The molecule has 1 N–H and O–H groups in total. The molecule has 0 aliphatic heterocycles. The first kappa shape index (κ1) is 18.7. The SMILES string of the molecule is CCC(NCCCN(C(=O)OC(C)(C)C)C1CC1)C(=O)OC. The standard InChI is InChI=1S/C16H30N2O4/c1-6-13(14(19)21-5)17-10-7-11-18(12-8-9-12)15(20)22-16(2,3)4/h12-13,17H,6-11H2,1-5H3. The fourth-order valence-electron chi connectivity index (χ4n) is 2.19. The number of carbonyl (C=O) groups is 2. The summed E-state index contributed by atoms with van der Waals surface area (Å²) in [7, 11) is 1.39. The lowest BCUT2D eigenvalue weighted by atomic mass is 10.2. The lowest BCUT2D eigenvalue weighted by Crippen LogP contribution is -2.41. The summed E-state index contributed by atoms with van der Waals surface area (Å²) in [6, 6.07) is 0.0401. The minimum absolute atomic E-state index is 0.241. The van der Waals surface area contributed by atoms with Gasteiger partial charge in [0, 0.05) is 12.6 Å². The van der Waals surface area contributed by atoms with Gasteiger partial charge in [0.05, 0.1) is 7.11 Å². The summed E-state index contributed by atoms with van der Waals surface area (Å²) in [6.07, 6.45) is 3.32. The Kier molecular flexibility index (Phi) is 7.13. The number of ether oxygens (including phenoxy) is 2. The molecule has 0 aromatic carbocycles. The summed E-state index contributed by atoms with van der Waals surface area (Å²) in [5, 5.41) is 3.17. The Morgan fingerprint density at radius 1 is 1.32 bits per heavy atom. The first-order chi connectivity index (χ1) is 10.3. The van der Waals surface area contributed by atoms with Crippen LogP contribution < -0.4 is 5.32 Å². The quantitative estimate of drug-likeness (QED) is 0.550. The molecule has 1 atom stereocenters. The summed E-state index contributed by atoms with van der Waals surface area (Å²) in [5.41, 5.74) is -0.472. The van der Waals surface area contributed by atoms with E-state index in [1.807, 2.05) is 32.6 Å². The normalized spacial score (nSPS) is 16.0. The molecule has 0 radical (unpaired) electrons. The highest BCUT2D eigenvalue weighted by Crippen LogP contribution is 2.28. The van der Waals surface area contributed by atoms with Crippen molar-refractivity contribution in [3.63, 3.8) is 0 Å². The number of nitrogens with one attached hydrogen (secondary N) is 1. The fraction of sp³-hybridized carbons (Fsp3) is 0.875. The minimum atomic E-state index is -0.472. The molecule has 1 saturated carbocycles. The van der Waals surface area contributed by atoms with Gasteiger partial charge in [-0.2, -0.15) is 0 Å². The molecule has 0 heterocycles. The second-order valence-corrected chi connectivity index (χ2v) is 6.70. The highest BCUT2D eigenvalue weighted by molar-refractivity contribution is 5.75. The van der Waals surface area contributed by atoms with E-state index < -0.39 is 5.60 Å². The van der Waals surface area contributed by atoms with E-state index >= 15 is 0 Å². The van der Waals surface area contributed by atoms with Crippen molar-refractivity contribution in [2.24, 2.45) is 0 Å². The van der Waals surface area contributed by atoms with E-state index in [4.69, 9.17) is 9.47 Å². The van der Waals surface area contributed by atoms with E-state index in [9.17, 15) is 9.59 Å². The Morgan fingerprint density at radius 2 is 1.95 bits per heavy atom. The molecule has 1 rings (SSSR count). The van der Waals surface area contributed by atoms with Crippen molar-refractivity contribution in [3.05, 3.63) is 0 Å². The maximum absolute atomic E-state index is 12.2. The lowest BCUT2D eigenvalue weighted by molar-refractivity contribution is -0.143. The zero-order chi connectivity index (χ0) is 16.8. The van der Waals surface area contributed by atoms with E-state index in [0.29, 0.717) is 25.6 Å². The van der Waals surface area contributed by atoms with Gasteiger partial charge in [-0.1, -0.05) is 6.92 Å². The fourth-order valence-corrected chi connectivity index (χ4v) is 2.19. The summed E-state index contributed by atoms with van der Waals surface area (Å²) in [5.74, 6) is -0.242. The largest absolute Gasteiger partial charge is 0.468 e. The van der Waals surface area contributed by atoms with Gasteiger partial charge in [-0.05, 0) is 53.0 Å². The van der Waals surface area contributed by atoms with Crippen LogP contribution in [0.3, 0.4) is 0 Å². The zero-order valence-electron chi connectivity index (χ0n) is 14.5. The van der Waals surface area contributed by atoms with Gasteiger partial charge >= 0.3 is 12.1 Å². The van der Waals surface area contributed by atoms with E-state index in [-0.39, 0.29) is 18.1 Å². The van der Waals surface area contributed by atoms with Crippen molar-refractivity contribution in [1.29, 1.82) is 0 Å². The van der Waals surface area contributed by atoms with Crippen LogP contribution in [0.1, 0.15) is 53.4 Å². The summed E-state index contributed by atoms with van der Waals surface area (Å²) in [4.78, 5) is 25.5. The molecular weight excluding hydrogens is 284 g/mol. The van der Waals surface area contributed by atoms with Crippen molar-refractivity contribution in [1.82, 2.24) is 10.2 Å². The number of hydrogen-bond donors (Lipinski definition) is 1. The van der Waals surface area contributed by atoms with Crippen LogP contribution in [-0.2, 0) is 14.3 Å². The van der Waals surface area contributed by atoms with Gasteiger partial charge in [0.15, 0.2) is 0 Å². The number of rotatable bonds is 8. The van der Waals surface area contributed by atoms with Crippen LogP contribution >= 0.6 is 0 Å². The molecule has 22 heavy (non-hydrogen) atoms. The third-order valence-electron chi connectivity index (χ3n) is 3.48. The van der Waals surface area contributed by atoms with Crippen LogP contribution in [0.4, 0.5) is 4.79 Å². The van der Waals surface area contributed by atoms with Crippen molar-refractivity contribution >= 4 is 12.1 Å². The van der Waals surface area contributed by atoms with Gasteiger partial charge in [0.2, 0.25) is 0 Å². The van der Waals surface area contributed by atoms with Crippen LogP contribution in [0.15, 0.2) is 0 Å². The van der Waals surface area contributed by atoms with Crippen molar-refractivity contribution in [2.75, 3.05) is 20.2 Å². The molecule has 6 heteroatoms. The highest BCUT2D eigenvalue weighted by atomic mass is 16.6. The molecule has 1 unspecified atom stereocenters. The third kappa shape index (κ3) is 6.64. The summed E-state index contributed by atoms with van der Waals surface area (Å²) < 4.78 is 10.2. The number of nitrogens with zero attached hydrogens (tertiary/aromatic N) is 1. The first-order valence-electron chi connectivity index (χ1n) is 8.09. The summed E-state index contributed by atoms with van der Waals surface area (Å²) >= 11 is 0. The van der Waals surface area contributed by atoms with Crippen molar-refractivity contribution in [3.8, 4) is 0 Å². The predicted molar refractivity (Wildman–Crippen MR) is 84.7 cm³/mol. The molecule has 1 aliphatic rings. The molecule has 0 aromatic heterocycles. The molecule has 1 amide bonds. The van der Waals surface area contributed by atoms with Crippen molar-refractivity contribution in [2.45, 2.75) is 71.1 Å². The van der Waals surface area contributed by atoms with Crippen LogP contribution in [-0.4, -0.2) is 54.8 Å². The van der Waals surface area contributed by atoms with Crippen LogP contribution in [0.2, 0.25) is 0 Å². The molecule has 0 saturated heterocycles. The second-order valence-electron chi connectivity index (χ2n) is 6.70. The molecule has 1 aliphatic carbocycles. The van der Waals surface area contributed by atoms with E-state index in [1.165, 1.54) is 7.11 Å². The van der Waals surface area contributed by atoms with Gasteiger partial charge in [-0.15, -0.1) is 0 Å². The average molecular weight is 314 g/mol. The Labute approximate surface area is 133 Å². The van der Waals surface area contributed by atoms with Crippen LogP contribution in [0, 0.1) is 0 Å². The van der Waals surface area contributed by atoms with Gasteiger partial charge in [0.1, 0.15) is 11.6 Å². The molecule has 0 aromatic rings. The topological polar surface area (TPSA) is 67.9 Å².